The molecule has 1 heterocycles. The third kappa shape index (κ3) is 2.23. The lowest BCUT2D eigenvalue weighted by Crippen LogP contribution is -1.97. The van der Waals surface area contributed by atoms with Crippen molar-refractivity contribution in [3.63, 3.8) is 0 Å². The van der Waals surface area contributed by atoms with E-state index in [4.69, 9.17) is 15.3 Å². The molecule has 3 N–H and O–H groups in total. The first-order valence-corrected chi connectivity index (χ1v) is 4.81. The molecular weight excluding hydrogens is 206 g/mol. The number of furan rings is 1. The van der Waals surface area contributed by atoms with E-state index in [0.717, 1.165) is 5.56 Å². The summed E-state index contributed by atoms with van der Waals surface area (Å²) in [4.78, 5) is 10.5. The standard InChI is InChI=1S/C12H11NO3/c13-9-3-1-8(2-4-9)11-6-5-10(16-11)7-12(14)15/h1-6H,7,13H2,(H,14,15). The van der Waals surface area contributed by atoms with Crippen LogP contribution in [-0.2, 0) is 11.2 Å². The van der Waals surface area contributed by atoms with Gasteiger partial charge in [-0.2, -0.15) is 0 Å². The van der Waals surface area contributed by atoms with Crippen LogP contribution in [0.3, 0.4) is 0 Å². The molecule has 0 saturated heterocycles. The minimum absolute atomic E-state index is 0.102. The van der Waals surface area contributed by atoms with Gasteiger partial charge in [0.2, 0.25) is 0 Å². The van der Waals surface area contributed by atoms with Gasteiger partial charge in [-0.05, 0) is 36.4 Å². The van der Waals surface area contributed by atoms with Crippen molar-refractivity contribution in [1.82, 2.24) is 0 Å². The lowest BCUT2D eigenvalue weighted by molar-refractivity contribution is -0.136. The van der Waals surface area contributed by atoms with Crippen LogP contribution in [0.15, 0.2) is 40.8 Å². The van der Waals surface area contributed by atoms with Crippen LogP contribution >= 0.6 is 0 Å². The third-order valence-corrected chi connectivity index (χ3v) is 2.18. The number of carboxylic acids is 1. The Labute approximate surface area is 92.3 Å². The summed E-state index contributed by atoms with van der Waals surface area (Å²) in [6.07, 6.45) is -0.102. The predicted molar refractivity (Wildman–Crippen MR) is 59.9 cm³/mol. The number of benzene rings is 1. The maximum Gasteiger partial charge on any atom is 0.311 e. The van der Waals surface area contributed by atoms with Crippen molar-refractivity contribution in [2.24, 2.45) is 0 Å². The second kappa shape index (κ2) is 4.10. The summed E-state index contributed by atoms with van der Waals surface area (Å²) in [5.74, 6) is 0.189. The van der Waals surface area contributed by atoms with Crippen molar-refractivity contribution in [2.75, 3.05) is 5.73 Å². The van der Waals surface area contributed by atoms with Crippen LogP contribution in [0, 0.1) is 0 Å². The van der Waals surface area contributed by atoms with Crippen LogP contribution in [0.5, 0.6) is 0 Å². The molecule has 0 unspecified atom stereocenters. The van der Waals surface area contributed by atoms with E-state index < -0.39 is 5.97 Å². The van der Waals surface area contributed by atoms with E-state index in [1.54, 1.807) is 24.3 Å². The molecule has 2 rings (SSSR count). The third-order valence-electron chi connectivity index (χ3n) is 2.18. The summed E-state index contributed by atoms with van der Waals surface area (Å²) in [5, 5.41) is 8.61. The highest BCUT2D eigenvalue weighted by Crippen LogP contribution is 2.23. The Bertz CT molecular complexity index is 499. The molecule has 0 spiro atoms. The highest BCUT2D eigenvalue weighted by Gasteiger charge is 2.07. The Morgan fingerprint density at radius 2 is 1.88 bits per heavy atom. The maximum absolute atomic E-state index is 10.5. The van der Waals surface area contributed by atoms with Gasteiger partial charge >= 0.3 is 5.97 Å². The SMILES string of the molecule is Nc1ccc(-c2ccc(CC(=O)O)o2)cc1. The van der Waals surface area contributed by atoms with E-state index in [0.29, 0.717) is 17.2 Å². The Balaban J connectivity index is 2.24. The Morgan fingerprint density at radius 3 is 2.50 bits per heavy atom. The molecule has 4 nitrogen and oxygen atoms in total. The van der Waals surface area contributed by atoms with Crippen molar-refractivity contribution < 1.29 is 14.3 Å². The van der Waals surface area contributed by atoms with Crippen molar-refractivity contribution in [3.05, 3.63) is 42.2 Å². The Hall–Kier alpha value is -2.23. The number of rotatable bonds is 3. The van der Waals surface area contributed by atoms with Crippen molar-refractivity contribution in [2.45, 2.75) is 6.42 Å². The zero-order valence-corrected chi connectivity index (χ0v) is 8.51. The van der Waals surface area contributed by atoms with E-state index in [2.05, 4.69) is 0 Å². The molecule has 0 fully saturated rings. The number of carboxylic acid groups (broad SMARTS) is 1. The zero-order chi connectivity index (χ0) is 11.5. The minimum atomic E-state index is -0.904. The molecule has 0 aliphatic carbocycles. The summed E-state index contributed by atoms with van der Waals surface area (Å²) in [5.41, 5.74) is 7.13. The molecule has 0 amide bonds. The Kier molecular flexibility index (Phi) is 2.64. The smallest absolute Gasteiger partial charge is 0.311 e. The van der Waals surface area contributed by atoms with E-state index in [-0.39, 0.29) is 6.42 Å². The van der Waals surface area contributed by atoms with Crippen LogP contribution in [0.1, 0.15) is 5.76 Å². The monoisotopic (exact) mass is 217 g/mol. The predicted octanol–water partition coefficient (Wildman–Crippen LogP) is 2.16. The fourth-order valence-electron chi connectivity index (χ4n) is 1.42. The molecule has 2 aromatic rings. The van der Waals surface area contributed by atoms with Gasteiger partial charge in [0.1, 0.15) is 17.9 Å². The summed E-state index contributed by atoms with van der Waals surface area (Å²) >= 11 is 0. The Morgan fingerprint density at radius 1 is 1.19 bits per heavy atom. The fraction of sp³-hybridized carbons (Fsp3) is 0.0833. The van der Waals surface area contributed by atoms with Gasteiger partial charge in [0.05, 0.1) is 0 Å². The molecule has 0 aliphatic heterocycles. The number of anilines is 1. The van der Waals surface area contributed by atoms with Crippen molar-refractivity contribution in [3.8, 4) is 11.3 Å². The first-order chi connectivity index (χ1) is 7.65. The molecule has 0 aliphatic rings. The second-order valence-corrected chi connectivity index (χ2v) is 3.46. The highest BCUT2D eigenvalue weighted by atomic mass is 16.4. The minimum Gasteiger partial charge on any atom is -0.481 e. The maximum atomic E-state index is 10.5. The van der Waals surface area contributed by atoms with E-state index in [9.17, 15) is 4.79 Å². The molecule has 4 heteroatoms. The molecule has 0 atom stereocenters. The molecule has 1 aromatic heterocycles. The molecule has 82 valence electrons. The van der Waals surface area contributed by atoms with Gasteiger partial charge < -0.3 is 15.3 Å². The number of hydrogen-bond donors (Lipinski definition) is 2. The highest BCUT2D eigenvalue weighted by molar-refractivity contribution is 5.70. The summed E-state index contributed by atoms with van der Waals surface area (Å²) < 4.78 is 5.40. The van der Waals surface area contributed by atoms with Crippen LogP contribution in [0.2, 0.25) is 0 Å². The van der Waals surface area contributed by atoms with Crippen molar-refractivity contribution >= 4 is 11.7 Å². The average Bonchev–Trinajstić information content (AvgIpc) is 2.66. The van der Waals surface area contributed by atoms with Gasteiger partial charge in [0.15, 0.2) is 0 Å². The number of nitrogen functional groups attached to an aromatic ring is 1. The van der Waals surface area contributed by atoms with Crippen LogP contribution in [-0.4, -0.2) is 11.1 Å². The summed E-state index contributed by atoms with van der Waals surface area (Å²) in [7, 11) is 0. The average molecular weight is 217 g/mol. The van der Waals surface area contributed by atoms with E-state index in [1.807, 2.05) is 12.1 Å². The van der Waals surface area contributed by atoms with Crippen LogP contribution in [0.25, 0.3) is 11.3 Å². The van der Waals surface area contributed by atoms with E-state index >= 15 is 0 Å². The van der Waals surface area contributed by atoms with Crippen LogP contribution in [0.4, 0.5) is 5.69 Å². The number of nitrogens with two attached hydrogens (primary N) is 1. The topological polar surface area (TPSA) is 76.5 Å². The van der Waals surface area contributed by atoms with Gasteiger partial charge in [-0.25, -0.2) is 0 Å². The normalized spacial score (nSPS) is 10.2. The summed E-state index contributed by atoms with van der Waals surface area (Å²) in [6, 6.07) is 10.6. The number of aliphatic carboxylic acids is 1. The molecule has 1 aromatic carbocycles. The van der Waals surface area contributed by atoms with E-state index in [1.165, 1.54) is 0 Å². The zero-order valence-electron chi connectivity index (χ0n) is 8.51. The fourth-order valence-corrected chi connectivity index (χ4v) is 1.42. The molecular formula is C12H11NO3. The number of hydrogen-bond acceptors (Lipinski definition) is 3. The summed E-state index contributed by atoms with van der Waals surface area (Å²) in [6.45, 7) is 0. The van der Waals surface area contributed by atoms with Gasteiger partial charge in [0, 0.05) is 11.3 Å². The van der Waals surface area contributed by atoms with Gasteiger partial charge in [-0.15, -0.1) is 0 Å². The molecule has 16 heavy (non-hydrogen) atoms. The molecule has 0 saturated carbocycles. The molecule has 0 bridgehead atoms. The van der Waals surface area contributed by atoms with Crippen molar-refractivity contribution in [1.29, 1.82) is 0 Å². The second-order valence-electron chi connectivity index (χ2n) is 3.46. The van der Waals surface area contributed by atoms with Crippen LogP contribution < -0.4 is 5.73 Å². The lowest BCUT2D eigenvalue weighted by atomic mass is 10.1. The number of carbonyl (C=O) groups is 1. The first-order valence-electron chi connectivity index (χ1n) is 4.81. The largest absolute Gasteiger partial charge is 0.481 e. The van der Waals surface area contributed by atoms with Gasteiger partial charge in [-0.1, -0.05) is 0 Å². The molecule has 0 radical (unpaired) electrons. The van der Waals surface area contributed by atoms with Gasteiger partial charge in [0.25, 0.3) is 0 Å². The first kappa shape index (κ1) is 10.3. The lowest BCUT2D eigenvalue weighted by Gasteiger charge is -1.97. The quantitative estimate of drug-likeness (QED) is 0.772. The van der Waals surface area contributed by atoms with Gasteiger partial charge in [-0.3, -0.25) is 4.79 Å².